The molecule has 1 amide bonds. The fourth-order valence-corrected chi connectivity index (χ4v) is 0.805. The minimum atomic E-state index is -0.964. The summed E-state index contributed by atoms with van der Waals surface area (Å²) in [5, 5.41) is 5.78. The van der Waals surface area contributed by atoms with Gasteiger partial charge in [-0.2, -0.15) is 0 Å². The van der Waals surface area contributed by atoms with Crippen LogP contribution in [0.4, 0.5) is 4.79 Å². The first-order valence-corrected chi connectivity index (χ1v) is 3.94. The van der Waals surface area contributed by atoms with Crippen LogP contribution in [0.25, 0.3) is 0 Å². The van der Waals surface area contributed by atoms with E-state index in [9.17, 15) is 14.4 Å². The molecule has 7 nitrogen and oxygen atoms in total. The zero-order chi connectivity index (χ0) is 10.7. The lowest BCUT2D eigenvalue weighted by atomic mass is 10.7. The van der Waals surface area contributed by atoms with Crippen LogP contribution in [0.3, 0.4) is 0 Å². The third kappa shape index (κ3) is 1.70. The van der Waals surface area contributed by atoms with Gasteiger partial charge in [-0.3, -0.25) is 9.59 Å². The van der Waals surface area contributed by atoms with E-state index in [4.69, 9.17) is 0 Å². The maximum atomic E-state index is 11.2. The number of carbonyl (C=O) groups is 1. The van der Waals surface area contributed by atoms with Crippen molar-refractivity contribution in [3.63, 3.8) is 0 Å². The molecule has 1 aromatic heterocycles. The van der Waals surface area contributed by atoms with E-state index in [1.165, 1.54) is 7.05 Å². The first-order valence-electron chi connectivity index (χ1n) is 3.94. The second-order valence-electron chi connectivity index (χ2n) is 2.50. The summed E-state index contributed by atoms with van der Waals surface area (Å²) >= 11 is 0. The van der Waals surface area contributed by atoms with Gasteiger partial charge in [0, 0.05) is 13.6 Å². The van der Waals surface area contributed by atoms with E-state index in [-0.39, 0.29) is 0 Å². The highest BCUT2D eigenvalue weighted by molar-refractivity contribution is 5.75. The average molecular weight is 197 g/mol. The van der Waals surface area contributed by atoms with Crippen molar-refractivity contribution in [2.75, 3.05) is 6.54 Å². The second-order valence-corrected chi connectivity index (χ2v) is 2.50. The number of nitrogens with zero attached hydrogens (tertiary/aromatic N) is 3. The number of nitrogens with one attached hydrogen (secondary N) is 1. The van der Waals surface area contributed by atoms with Gasteiger partial charge in [-0.1, -0.05) is 0 Å². The maximum absolute atomic E-state index is 11.2. The number of carbonyl (C=O) groups excluding carboxylic acids is 1. The molecule has 0 saturated carbocycles. The van der Waals surface area contributed by atoms with Gasteiger partial charge in [0.1, 0.15) is 0 Å². The van der Waals surface area contributed by atoms with Gasteiger partial charge in [0.2, 0.25) is 6.33 Å². The molecule has 1 aromatic rings. The van der Waals surface area contributed by atoms with Crippen LogP contribution >= 0.6 is 0 Å². The molecule has 0 atom stereocenters. The van der Waals surface area contributed by atoms with Gasteiger partial charge in [-0.15, -0.1) is 5.10 Å². The Kier molecular flexibility index (Phi) is 2.80. The van der Waals surface area contributed by atoms with Crippen molar-refractivity contribution >= 4 is 6.03 Å². The van der Waals surface area contributed by atoms with E-state index < -0.39 is 17.1 Å². The molecule has 75 valence electrons. The number of amides is 1. The summed E-state index contributed by atoms with van der Waals surface area (Å²) in [5.74, 6) is 0. The van der Waals surface area contributed by atoms with Crippen LogP contribution in [0.5, 0.6) is 0 Å². The highest BCUT2D eigenvalue weighted by Gasteiger charge is 2.09. The average Bonchev–Trinajstić information content (AvgIpc) is 2.15. The molecule has 0 aromatic carbocycles. The van der Waals surface area contributed by atoms with Crippen molar-refractivity contribution in [3.05, 3.63) is 27.0 Å². The predicted octanol–water partition coefficient (Wildman–Crippen LogP) is -1.68. The minimum absolute atomic E-state index is 0.355. The Hall–Kier alpha value is -1.92. The van der Waals surface area contributed by atoms with E-state index in [2.05, 4.69) is 16.7 Å². The molecule has 0 aliphatic rings. The van der Waals surface area contributed by atoms with Crippen LogP contribution in [0.15, 0.2) is 9.59 Å². The first-order chi connectivity index (χ1) is 6.57. The molecule has 1 rings (SSSR count). The molecule has 0 spiro atoms. The molecular formula is C7H9N4O3. The largest absolute Gasteiger partial charge is 0.338 e. The zero-order valence-corrected chi connectivity index (χ0v) is 7.77. The maximum Gasteiger partial charge on any atom is 0.332 e. The third-order valence-electron chi connectivity index (χ3n) is 1.51. The topological polar surface area (TPSA) is 86.0 Å². The van der Waals surface area contributed by atoms with Crippen LogP contribution < -0.4 is 16.4 Å². The fourth-order valence-electron chi connectivity index (χ4n) is 0.805. The Morgan fingerprint density at radius 2 is 2.14 bits per heavy atom. The van der Waals surface area contributed by atoms with Crippen molar-refractivity contribution in [1.82, 2.24) is 19.7 Å². The quantitative estimate of drug-likeness (QED) is 0.545. The molecule has 0 aliphatic carbocycles. The van der Waals surface area contributed by atoms with Crippen LogP contribution in [0.1, 0.15) is 6.92 Å². The smallest absolute Gasteiger partial charge is 0.332 e. The molecule has 7 heteroatoms. The Morgan fingerprint density at radius 1 is 1.50 bits per heavy atom. The SMILES string of the molecule is CCNC(=O)n1[c]nn(C)c(=O)c1=O. The normalized spacial score (nSPS) is 9.86. The molecule has 1 N–H and O–H groups in total. The third-order valence-corrected chi connectivity index (χ3v) is 1.51. The standard InChI is InChI=1S/C7H9N4O3/c1-3-8-7(14)11-4-9-10(2)5(12)6(11)13/h3H2,1-2H3,(H,8,14). The minimum Gasteiger partial charge on any atom is -0.338 e. The summed E-state index contributed by atoms with van der Waals surface area (Å²) in [6.07, 6.45) is 2.14. The highest BCUT2D eigenvalue weighted by Crippen LogP contribution is 1.72. The van der Waals surface area contributed by atoms with Crippen molar-refractivity contribution in [2.45, 2.75) is 6.92 Å². The summed E-state index contributed by atoms with van der Waals surface area (Å²) < 4.78 is 1.34. The van der Waals surface area contributed by atoms with Gasteiger partial charge in [0.25, 0.3) is 0 Å². The summed E-state index contributed by atoms with van der Waals surface area (Å²) in [6.45, 7) is 2.05. The number of hydrogen-bond acceptors (Lipinski definition) is 4. The van der Waals surface area contributed by atoms with Crippen LogP contribution in [-0.2, 0) is 7.05 Å². The molecule has 14 heavy (non-hydrogen) atoms. The molecule has 0 unspecified atom stereocenters. The molecule has 0 bridgehead atoms. The van der Waals surface area contributed by atoms with Crippen LogP contribution in [0.2, 0.25) is 0 Å². The Balaban J connectivity index is 3.25. The lowest BCUT2D eigenvalue weighted by Gasteiger charge is -2.02. The lowest BCUT2D eigenvalue weighted by molar-refractivity contribution is 0.241. The molecule has 0 aliphatic heterocycles. The van der Waals surface area contributed by atoms with Crippen LogP contribution in [-0.4, -0.2) is 26.9 Å². The Morgan fingerprint density at radius 3 is 2.71 bits per heavy atom. The second kappa shape index (κ2) is 3.86. The first kappa shape index (κ1) is 10.2. The van der Waals surface area contributed by atoms with Crippen molar-refractivity contribution in [1.29, 1.82) is 0 Å². The molecular weight excluding hydrogens is 188 g/mol. The fraction of sp³-hybridized carbons (Fsp3) is 0.429. The molecule has 1 radical (unpaired) electrons. The van der Waals surface area contributed by atoms with Crippen molar-refractivity contribution in [3.8, 4) is 0 Å². The van der Waals surface area contributed by atoms with Gasteiger partial charge in [0.05, 0.1) is 0 Å². The van der Waals surface area contributed by atoms with Gasteiger partial charge in [-0.05, 0) is 6.92 Å². The molecule has 1 heterocycles. The predicted molar refractivity (Wildman–Crippen MR) is 47.0 cm³/mol. The molecule has 0 fully saturated rings. The van der Waals surface area contributed by atoms with Gasteiger partial charge in [0.15, 0.2) is 0 Å². The number of aryl methyl sites for hydroxylation is 1. The summed E-state index contributed by atoms with van der Waals surface area (Å²) in [4.78, 5) is 33.4. The van der Waals surface area contributed by atoms with E-state index in [1.54, 1.807) is 6.92 Å². The monoisotopic (exact) mass is 197 g/mol. The van der Waals surface area contributed by atoms with E-state index in [1.807, 2.05) is 0 Å². The van der Waals surface area contributed by atoms with E-state index in [0.717, 1.165) is 4.68 Å². The van der Waals surface area contributed by atoms with Gasteiger partial charge >= 0.3 is 17.1 Å². The summed E-state index contributed by atoms with van der Waals surface area (Å²) in [6, 6.07) is -0.706. The number of rotatable bonds is 1. The number of hydrogen-bond donors (Lipinski definition) is 1. The zero-order valence-electron chi connectivity index (χ0n) is 7.77. The highest BCUT2D eigenvalue weighted by atomic mass is 16.2. The van der Waals surface area contributed by atoms with E-state index in [0.29, 0.717) is 11.1 Å². The number of aromatic nitrogens is 3. The summed E-state index contributed by atoms with van der Waals surface area (Å²) in [5.41, 5.74) is -1.83. The van der Waals surface area contributed by atoms with Crippen molar-refractivity contribution in [2.24, 2.45) is 7.05 Å². The summed E-state index contributed by atoms with van der Waals surface area (Å²) in [7, 11) is 1.31. The van der Waals surface area contributed by atoms with E-state index >= 15 is 0 Å². The van der Waals surface area contributed by atoms with Gasteiger partial charge in [-0.25, -0.2) is 14.0 Å². The van der Waals surface area contributed by atoms with Crippen molar-refractivity contribution < 1.29 is 4.79 Å². The Labute approximate surface area is 79.0 Å². The Bertz CT molecular complexity index is 459. The van der Waals surface area contributed by atoms with Crippen LogP contribution in [0, 0.1) is 6.33 Å². The lowest BCUT2D eigenvalue weighted by Crippen LogP contribution is -2.46. The molecule has 0 saturated heterocycles. The van der Waals surface area contributed by atoms with Gasteiger partial charge < -0.3 is 5.32 Å².